The number of carbonyl (C=O) groups is 1. The third kappa shape index (κ3) is 8.02. The number of nitrogens with two attached hydrogens (primary N) is 1. The Morgan fingerprint density at radius 1 is 0.800 bits per heavy atom. The van der Waals surface area contributed by atoms with Crippen LogP contribution in [0.4, 0.5) is 23.2 Å². The van der Waals surface area contributed by atoms with Gasteiger partial charge in [-0.25, -0.2) is 9.97 Å². The average Bonchev–Trinajstić information content (AvgIpc) is 3.52. The number of benzene rings is 2. The van der Waals surface area contributed by atoms with Crippen LogP contribution in [-0.2, 0) is 45.6 Å². The van der Waals surface area contributed by atoms with E-state index in [1.807, 2.05) is 6.07 Å². The van der Waals surface area contributed by atoms with Crippen molar-refractivity contribution in [3.05, 3.63) is 53.6 Å². The highest BCUT2D eigenvalue weighted by atomic mass is 19.3. The van der Waals surface area contributed by atoms with E-state index < -0.39 is 11.8 Å². The molecule has 2 aromatic heterocycles. The summed E-state index contributed by atoms with van der Waals surface area (Å²) in [6.07, 6.45) is 3.82. The van der Waals surface area contributed by atoms with Crippen molar-refractivity contribution in [2.75, 3.05) is 32.2 Å². The van der Waals surface area contributed by atoms with Crippen molar-refractivity contribution in [1.29, 1.82) is 0 Å². The molecule has 0 atom stereocenters. The van der Waals surface area contributed by atoms with Gasteiger partial charge in [-0.3, -0.25) is 4.79 Å². The minimum atomic E-state index is -3.01. The number of nitrogen functional groups attached to an aromatic ring is 1. The number of halogens is 4. The van der Waals surface area contributed by atoms with Crippen LogP contribution in [0.2, 0.25) is 0 Å². The third-order valence-electron chi connectivity index (χ3n) is 8.39. The lowest BCUT2D eigenvalue weighted by atomic mass is 10.00. The zero-order chi connectivity index (χ0) is 32.4. The number of hydrogen-bond acceptors (Lipinski definition) is 6. The second-order valence-corrected chi connectivity index (χ2v) is 12.4. The number of ether oxygens (including phenoxy) is 2. The number of Topliss-reactive ketones (excluding diaryl/α,β-unsaturated/α-hetero) is 1. The van der Waals surface area contributed by atoms with Gasteiger partial charge in [-0.1, -0.05) is 6.07 Å². The van der Waals surface area contributed by atoms with Crippen LogP contribution in [0.1, 0.15) is 63.7 Å². The highest BCUT2D eigenvalue weighted by Crippen LogP contribution is 2.33. The summed E-state index contributed by atoms with van der Waals surface area (Å²) in [5.74, 6) is -5.68. The third-order valence-corrected chi connectivity index (χ3v) is 8.39. The number of alkyl halides is 4. The van der Waals surface area contributed by atoms with Gasteiger partial charge in [0.15, 0.2) is 11.6 Å². The van der Waals surface area contributed by atoms with Gasteiger partial charge in [0, 0.05) is 65.5 Å². The van der Waals surface area contributed by atoms with E-state index in [2.05, 4.69) is 9.97 Å². The number of carbonyl (C=O) groups excluding carboxylic acids is 1. The van der Waals surface area contributed by atoms with Crippen molar-refractivity contribution < 1.29 is 31.8 Å². The molecule has 0 spiro atoms. The molecule has 2 aliphatic heterocycles. The van der Waals surface area contributed by atoms with Crippen molar-refractivity contribution in [2.24, 2.45) is 11.8 Å². The SMILES string of the molecule is CC(=O)Cc1ccc2c(c1)nc(C(C)(F)F)n2CC1CCOCC1.CC(F)(F)c1nc2cc(N)ccc2n1CC1CCOCC1. The zero-order valence-corrected chi connectivity index (χ0v) is 26.0. The first kappa shape index (κ1) is 32.9. The van der Waals surface area contributed by atoms with E-state index in [0.717, 1.165) is 45.1 Å². The molecule has 0 aliphatic carbocycles. The smallest absolute Gasteiger partial charge is 0.302 e. The molecule has 2 fully saturated rings. The van der Waals surface area contributed by atoms with Crippen LogP contribution in [-0.4, -0.2) is 51.3 Å². The van der Waals surface area contributed by atoms with Crippen molar-refractivity contribution in [3.63, 3.8) is 0 Å². The summed E-state index contributed by atoms with van der Waals surface area (Å²) in [5.41, 5.74) is 9.52. The van der Waals surface area contributed by atoms with Gasteiger partial charge in [-0.15, -0.1) is 0 Å². The standard InChI is InChI=1S/C18H22F2N2O2.C15H19F2N3O/c1-12(23)9-14-3-4-16-15(10-14)21-17(18(2,19)20)22(16)11-13-5-7-24-8-6-13;1-15(16,17)14-19-12-8-11(18)2-3-13(12)20(14)9-10-4-6-21-7-5-10/h3-4,10,13H,5-9,11H2,1-2H3;2-3,8,10H,4-7,9,18H2,1H3. The summed E-state index contributed by atoms with van der Waals surface area (Å²) in [5, 5.41) is 0. The van der Waals surface area contributed by atoms with Crippen molar-refractivity contribution in [2.45, 2.75) is 77.8 Å². The van der Waals surface area contributed by atoms with Crippen LogP contribution >= 0.6 is 0 Å². The fourth-order valence-corrected chi connectivity index (χ4v) is 6.13. The molecule has 2 aromatic carbocycles. The number of fused-ring (bicyclic) bond motifs is 2. The summed E-state index contributed by atoms with van der Waals surface area (Å²) < 4.78 is 69.8. The van der Waals surface area contributed by atoms with E-state index in [0.29, 0.717) is 85.5 Å². The van der Waals surface area contributed by atoms with Gasteiger partial charge in [0.1, 0.15) is 5.78 Å². The Balaban J connectivity index is 0.000000179. The summed E-state index contributed by atoms with van der Waals surface area (Å²) in [4.78, 5) is 19.6. The molecule has 0 saturated carbocycles. The largest absolute Gasteiger partial charge is 0.399 e. The predicted octanol–water partition coefficient (Wildman–Crippen LogP) is 6.86. The lowest BCUT2D eigenvalue weighted by Crippen LogP contribution is -2.24. The van der Waals surface area contributed by atoms with Gasteiger partial charge < -0.3 is 24.3 Å². The maximum Gasteiger partial charge on any atom is 0.302 e. The molecule has 2 saturated heterocycles. The molecule has 2 N–H and O–H groups in total. The Kier molecular flexibility index (Phi) is 9.83. The minimum Gasteiger partial charge on any atom is -0.399 e. The summed E-state index contributed by atoms with van der Waals surface area (Å²) in [6, 6.07) is 10.5. The molecule has 0 radical (unpaired) electrons. The molecule has 4 heterocycles. The zero-order valence-electron chi connectivity index (χ0n) is 26.0. The van der Waals surface area contributed by atoms with Crippen molar-refractivity contribution in [1.82, 2.24) is 19.1 Å². The van der Waals surface area contributed by atoms with E-state index in [9.17, 15) is 22.4 Å². The topological polar surface area (TPSA) is 97.2 Å². The number of anilines is 1. The molecule has 0 bridgehead atoms. The molecule has 12 heteroatoms. The molecule has 4 aromatic rings. The van der Waals surface area contributed by atoms with Gasteiger partial charge in [0.2, 0.25) is 0 Å². The van der Waals surface area contributed by atoms with Gasteiger partial charge in [-0.2, -0.15) is 17.6 Å². The first-order chi connectivity index (χ1) is 21.3. The molecule has 0 unspecified atom stereocenters. The molecular formula is C33H41F4N5O3. The summed E-state index contributed by atoms with van der Waals surface area (Å²) >= 11 is 0. The molecule has 6 rings (SSSR count). The number of imidazole rings is 2. The second-order valence-electron chi connectivity index (χ2n) is 12.4. The van der Waals surface area contributed by atoms with Gasteiger partial charge >= 0.3 is 11.8 Å². The number of ketones is 1. The maximum atomic E-state index is 14.1. The van der Waals surface area contributed by atoms with E-state index in [1.165, 1.54) is 6.92 Å². The van der Waals surface area contributed by atoms with Crippen molar-refractivity contribution in [3.8, 4) is 0 Å². The van der Waals surface area contributed by atoms with Gasteiger partial charge in [0.25, 0.3) is 0 Å². The Hall–Kier alpha value is -3.51. The molecule has 2 aliphatic rings. The molecule has 8 nitrogen and oxygen atoms in total. The first-order valence-electron chi connectivity index (χ1n) is 15.5. The van der Waals surface area contributed by atoms with Gasteiger partial charge in [-0.05, 0) is 80.3 Å². The predicted molar refractivity (Wildman–Crippen MR) is 164 cm³/mol. The fourth-order valence-electron chi connectivity index (χ4n) is 6.13. The number of aromatic nitrogens is 4. The molecule has 244 valence electrons. The Morgan fingerprint density at radius 3 is 1.69 bits per heavy atom. The van der Waals surface area contributed by atoms with Crippen LogP contribution in [0.3, 0.4) is 0 Å². The second kappa shape index (κ2) is 13.5. The lowest BCUT2D eigenvalue weighted by Gasteiger charge is -2.24. The molecular weight excluding hydrogens is 590 g/mol. The fraction of sp³-hybridized carbons (Fsp3) is 0.545. The highest BCUT2D eigenvalue weighted by Gasteiger charge is 2.34. The molecule has 0 amide bonds. The Bertz CT molecular complexity index is 1630. The molecule has 45 heavy (non-hydrogen) atoms. The van der Waals surface area contributed by atoms with E-state index in [-0.39, 0.29) is 17.4 Å². The first-order valence-corrected chi connectivity index (χ1v) is 15.5. The average molecular weight is 632 g/mol. The normalized spacial score (nSPS) is 17.0. The summed E-state index contributed by atoms with van der Waals surface area (Å²) in [6.45, 7) is 7.09. The minimum absolute atomic E-state index is 0.0389. The quantitative estimate of drug-likeness (QED) is 0.169. The van der Waals surface area contributed by atoms with E-state index in [4.69, 9.17) is 15.2 Å². The number of hydrogen-bond donors (Lipinski definition) is 1. The van der Waals surface area contributed by atoms with Crippen LogP contribution in [0, 0.1) is 11.8 Å². The maximum absolute atomic E-state index is 14.1. The van der Waals surface area contributed by atoms with Crippen LogP contribution < -0.4 is 5.73 Å². The van der Waals surface area contributed by atoms with Gasteiger partial charge in [0.05, 0.1) is 22.1 Å². The van der Waals surface area contributed by atoms with E-state index >= 15 is 0 Å². The highest BCUT2D eigenvalue weighted by molar-refractivity contribution is 5.82. The lowest BCUT2D eigenvalue weighted by molar-refractivity contribution is -0.116. The number of nitrogens with zero attached hydrogens (tertiary/aromatic N) is 4. The Morgan fingerprint density at radius 2 is 1.24 bits per heavy atom. The summed E-state index contributed by atoms with van der Waals surface area (Å²) in [7, 11) is 0. The van der Waals surface area contributed by atoms with Crippen LogP contribution in [0.25, 0.3) is 22.1 Å². The van der Waals surface area contributed by atoms with Crippen LogP contribution in [0.5, 0.6) is 0 Å². The Labute approximate surface area is 259 Å². The monoisotopic (exact) mass is 631 g/mol. The number of rotatable bonds is 8. The van der Waals surface area contributed by atoms with Crippen molar-refractivity contribution >= 4 is 33.5 Å². The van der Waals surface area contributed by atoms with Crippen LogP contribution in [0.15, 0.2) is 36.4 Å². The van der Waals surface area contributed by atoms with E-state index in [1.54, 1.807) is 39.5 Å².